The number of alkyl halides is 2. The van der Waals surface area contributed by atoms with Crippen molar-refractivity contribution in [3.05, 3.63) is 0 Å². The van der Waals surface area contributed by atoms with E-state index in [1.807, 2.05) is 27.7 Å². The van der Waals surface area contributed by atoms with Gasteiger partial charge in [-0.15, -0.1) is 23.2 Å². The molecule has 0 unspecified atom stereocenters. The van der Waals surface area contributed by atoms with Crippen LogP contribution in [0.5, 0.6) is 0 Å². The maximum atomic E-state index is 5.90. The maximum Gasteiger partial charge on any atom is 0.495 e. The predicted octanol–water partition coefficient (Wildman–Crippen LogP) is 3.06. The smallest absolute Gasteiger partial charge is 0.407 e. The summed E-state index contributed by atoms with van der Waals surface area (Å²) in [6, 6.07) is 0. The van der Waals surface area contributed by atoms with Crippen molar-refractivity contribution in [2.24, 2.45) is 0 Å². The van der Waals surface area contributed by atoms with E-state index in [0.717, 1.165) is 0 Å². The fourth-order valence-electron chi connectivity index (χ4n) is 0.765. The van der Waals surface area contributed by atoms with Crippen molar-refractivity contribution in [2.75, 3.05) is 0 Å². The van der Waals surface area contributed by atoms with Crippen molar-refractivity contribution in [3.8, 4) is 0 Å². The summed E-state index contributed by atoms with van der Waals surface area (Å²) in [5.74, 6) is 0. The SMILES string of the molecule is CC(C)OB(OC(C)C)C(C)(Cl)Cl. The molecule has 13 heavy (non-hydrogen) atoms. The number of hydrogen-bond acceptors (Lipinski definition) is 2. The lowest BCUT2D eigenvalue weighted by molar-refractivity contribution is 0.126. The Kier molecular flexibility index (Phi) is 5.68. The minimum Gasteiger partial charge on any atom is -0.407 e. The second-order valence-corrected chi connectivity index (χ2v) is 5.42. The molecule has 0 aliphatic carbocycles. The van der Waals surface area contributed by atoms with Crippen molar-refractivity contribution in [1.82, 2.24) is 0 Å². The van der Waals surface area contributed by atoms with Gasteiger partial charge >= 0.3 is 7.12 Å². The van der Waals surface area contributed by atoms with Crippen molar-refractivity contribution in [3.63, 3.8) is 0 Å². The van der Waals surface area contributed by atoms with Gasteiger partial charge < -0.3 is 9.31 Å². The first-order valence-corrected chi connectivity index (χ1v) is 5.17. The first-order chi connectivity index (χ1) is 5.73. The van der Waals surface area contributed by atoms with Crippen LogP contribution in [0, 0.1) is 0 Å². The Morgan fingerprint density at radius 1 is 1.00 bits per heavy atom. The van der Waals surface area contributed by atoms with Gasteiger partial charge in [0.25, 0.3) is 0 Å². The van der Waals surface area contributed by atoms with Crippen LogP contribution in [0.3, 0.4) is 0 Å². The van der Waals surface area contributed by atoms with Crippen molar-refractivity contribution >= 4 is 30.3 Å². The zero-order valence-corrected chi connectivity index (χ0v) is 10.3. The standard InChI is InChI=1S/C8H17BCl2O2/c1-6(2)12-9(8(5,10)11)13-7(3)4/h6-7H,1-5H3. The van der Waals surface area contributed by atoms with Crippen LogP contribution < -0.4 is 0 Å². The van der Waals surface area contributed by atoms with Gasteiger partial charge in [0.1, 0.15) is 0 Å². The lowest BCUT2D eigenvalue weighted by Crippen LogP contribution is -2.42. The molecule has 5 heteroatoms. The van der Waals surface area contributed by atoms with Gasteiger partial charge in [0.2, 0.25) is 0 Å². The molecule has 0 radical (unpaired) electrons. The van der Waals surface area contributed by atoms with Gasteiger partial charge in [-0.3, -0.25) is 0 Å². The first-order valence-electron chi connectivity index (χ1n) is 4.42. The summed E-state index contributed by atoms with van der Waals surface area (Å²) in [4.78, 5) is 0. The van der Waals surface area contributed by atoms with E-state index in [0.29, 0.717) is 0 Å². The molecule has 0 atom stereocenters. The molecule has 0 amide bonds. The van der Waals surface area contributed by atoms with Crippen molar-refractivity contribution in [2.45, 2.75) is 51.1 Å². The molecular weight excluding hydrogens is 210 g/mol. The fourth-order valence-corrected chi connectivity index (χ4v) is 0.971. The molecular formula is C8H17BCl2O2. The monoisotopic (exact) mass is 226 g/mol. The molecule has 2 nitrogen and oxygen atoms in total. The molecule has 78 valence electrons. The highest BCUT2D eigenvalue weighted by Gasteiger charge is 2.40. The summed E-state index contributed by atoms with van der Waals surface area (Å²) in [7, 11) is -0.587. The maximum absolute atomic E-state index is 5.90. The van der Waals surface area contributed by atoms with Crippen LogP contribution in [0.1, 0.15) is 34.6 Å². The zero-order valence-electron chi connectivity index (χ0n) is 8.80. The highest BCUT2D eigenvalue weighted by atomic mass is 35.5. The number of hydrogen-bond donors (Lipinski definition) is 0. The highest BCUT2D eigenvalue weighted by molar-refractivity contribution is 6.76. The Balaban J connectivity index is 4.20. The van der Waals surface area contributed by atoms with Gasteiger partial charge in [0, 0.05) is 12.2 Å². The summed E-state index contributed by atoms with van der Waals surface area (Å²) in [5.41, 5.74) is 0. The Hall–Kier alpha value is 0.565. The minimum absolute atomic E-state index is 0.0422. The van der Waals surface area contributed by atoms with Crippen molar-refractivity contribution < 1.29 is 9.31 Å². The number of rotatable bonds is 5. The van der Waals surface area contributed by atoms with Gasteiger partial charge in [0.05, 0.1) is 0 Å². The third-order valence-corrected chi connectivity index (χ3v) is 1.56. The summed E-state index contributed by atoms with van der Waals surface area (Å²) in [6.07, 6.45) is 0.0844. The number of halogens is 2. The average Bonchev–Trinajstić information content (AvgIpc) is 1.81. The van der Waals surface area contributed by atoms with E-state index in [1.165, 1.54) is 0 Å². The van der Waals surface area contributed by atoms with Crippen LogP contribution in [-0.4, -0.2) is 23.6 Å². The molecule has 0 aromatic rings. The van der Waals surface area contributed by atoms with E-state index in [-0.39, 0.29) is 12.2 Å². The van der Waals surface area contributed by atoms with Gasteiger partial charge in [-0.1, -0.05) is 0 Å². The Morgan fingerprint density at radius 3 is 1.46 bits per heavy atom. The van der Waals surface area contributed by atoms with Crippen LogP contribution >= 0.6 is 23.2 Å². The van der Waals surface area contributed by atoms with Gasteiger partial charge in [-0.05, 0) is 34.6 Å². The molecule has 0 rings (SSSR count). The molecule has 0 aliphatic rings. The van der Waals surface area contributed by atoms with Crippen LogP contribution in [-0.2, 0) is 9.31 Å². The minimum atomic E-state index is -1.02. The lowest BCUT2D eigenvalue weighted by Gasteiger charge is -2.25. The van der Waals surface area contributed by atoms with E-state index in [1.54, 1.807) is 6.92 Å². The molecule has 0 aromatic heterocycles. The molecule has 0 saturated heterocycles. The second kappa shape index (κ2) is 5.45. The highest BCUT2D eigenvalue weighted by Crippen LogP contribution is 2.26. The van der Waals surface area contributed by atoms with Crippen LogP contribution in [0.25, 0.3) is 0 Å². The molecule has 0 saturated carbocycles. The van der Waals surface area contributed by atoms with E-state index in [4.69, 9.17) is 32.5 Å². The van der Waals surface area contributed by atoms with E-state index in [9.17, 15) is 0 Å². The molecule has 0 N–H and O–H groups in total. The van der Waals surface area contributed by atoms with E-state index >= 15 is 0 Å². The summed E-state index contributed by atoms with van der Waals surface area (Å²) >= 11 is 11.8. The average molecular weight is 227 g/mol. The Labute approximate surface area is 91.0 Å². The largest absolute Gasteiger partial charge is 0.495 e. The molecule has 0 fully saturated rings. The van der Waals surface area contributed by atoms with Gasteiger partial charge in [-0.2, -0.15) is 0 Å². The molecule has 0 aliphatic heterocycles. The predicted molar refractivity (Wildman–Crippen MR) is 58.3 cm³/mol. The van der Waals surface area contributed by atoms with Crippen molar-refractivity contribution in [1.29, 1.82) is 0 Å². The van der Waals surface area contributed by atoms with Crippen LogP contribution in [0.15, 0.2) is 0 Å². The second-order valence-electron chi connectivity index (χ2n) is 3.66. The molecule has 0 bridgehead atoms. The first kappa shape index (κ1) is 13.6. The molecule has 0 heterocycles. The molecule has 0 aromatic carbocycles. The summed E-state index contributed by atoms with van der Waals surface area (Å²) < 4.78 is 9.86. The summed E-state index contributed by atoms with van der Waals surface area (Å²) in [6.45, 7) is 9.31. The Morgan fingerprint density at radius 2 is 1.31 bits per heavy atom. The fraction of sp³-hybridized carbons (Fsp3) is 1.00. The van der Waals surface area contributed by atoms with Crippen LogP contribution in [0.2, 0.25) is 0 Å². The normalized spacial score (nSPS) is 12.7. The van der Waals surface area contributed by atoms with E-state index < -0.39 is 11.4 Å². The quantitative estimate of drug-likeness (QED) is 0.530. The third kappa shape index (κ3) is 6.61. The topological polar surface area (TPSA) is 18.5 Å². The third-order valence-electron chi connectivity index (χ3n) is 1.21. The zero-order chi connectivity index (χ0) is 10.6. The lowest BCUT2D eigenvalue weighted by atomic mass is 9.83. The summed E-state index contributed by atoms with van der Waals surface area (Å²) in [5, 5.41) is 0. The van der Waals surface area contributed by atoms with Gasteiger partial charge in [-0.25, -0.2) is 0 Å². The van der Waals surface area contributed by atoms with Gasteiger partial charge in [0.15, 0.2) is 4.23 Å². The Bertz CT molecular complexity index is 136. The van der Waals surface area contributed by atoms with Crippen LogP contribution in [0.4, 0.5) is 0 Å². The molecule has 0 spiro atoms. The van der Waals surface area contributed by atoms with E-state index in [2.05, 4.69) is 0 Å².